The fourth-order valence-corrected chi connectivity index (χ4v) is 4.56. The highest BCUT2D eigenvalue weighted by Crippen LogP contribution is 2.19. The van der Waals surface area contributed by atoms with Gasteiger partial charge in [-0.1, -0.05) is 30.3 Å². The molecule has 1 amide bonds. The van der Waals surface area contributed by atoms with Crippen molar-refractivity contribution >= 4 is 11.4 Å². The molecule has 180 valence electrons. The maximum absolute atomic E-state index is 13.2. The number of benzene rings is 2. The molecule has 0 unspecified atom stereocenters. The number of fused-ring (bicyclic) bond motifs is 1. The number of aromatic nitrogens is 3. The van der Waals surface area contributed by atoms with E-state index in [-0.39, 0.29) is 29.7 Å². The van der Waals surface area contributed by atoms with Crippen molar-refractivity contribution in [2.45, 2.75) is 38.4 Å². The first-order chi connectivity index (χ1) is 17.0. The normalized spacial score (nSPS) is 14.9. The van der Waals surface area contributed by atoms with Gasteiger partial charge in [0.2, 0.25) is 5.91 Å². The summed E-state index contributed by atoms with van der Waals surface area (Å²) in [4.78, 5) is 27.9. The summed E-state index contributed by atoms with van der Waals surface area (Å²) in [6.07, 6.45) is 5.43. The van der Waals surface area contributed by atoms with Crippen LogP contribution in [0.3, 0.4) is 0 Å². The molecule has 0 atom stereocenters. The summed E-state index contributed by atoms with van der Waals surface area (Å²) in [5.41, 5.74) is 2.83. The highest BCUT2D eigenvalue weighted by atomic mass is 19.1. The second-order valence-corrected chi connectivity index (χ2v) is 9.02. The lowest BCUT2D eigenvalue weighted by Gasteiger charge is -2.32. The molecule has 1 fully saturated rings. The molecule has 1 aliphatic heterocycles. The monoisotopic (exact) mass is 473 g/mol. The van der Waals surface area contributed by atoms with E-state index in [1.807, 2.05) is 6.07 Å². The number of rotatable bonds is 7. The van der Waals surface area contributed by atoms with Crippen LogP contribution >= 0.6 is 0 Å². The van der Waals surface area contributed by atoms with Gasteiger partial charge in [0.25, 0.3) is 5.56 Å². The van der Waals surface area contributed by atoms with E-state index in [0.29, 0.717) is 17.8 Å². The number of carbonyl (C=O) groups is 1. The number of nitrogens with zero attached hydrogens (tertiary/aromatic N) is 4. The SMILES string of the molecule is O=C(CCn1ccn2nc(-c3ccc(F)cc3)cc2c1=O)NC1CCN(Cc2ccccc2)CC1. The first-order valence-electron chi connectivity index (χ1n) is 12.0. The second-order valence-electron chi connectivity index (χ2n) is 9.02. The standard InChI is InChI=1S/C27H28FN5O2/c28-22-8-6-21(7-9-22)24-18-25-27(35)32(16-17-33(25)30-24)15-12-26(34)29-23-10-13-31(14-11-23)19-20-4-2-1-3-5-20/h1-9,16-18,23H,10-15,19H2,(H,29,34). The molecule has 0 bridgehead atoms. The van der Waals surface area contributed by atoms with Gasteiger partial charge in [-0.15, -0.1) is 0 Å². The third-order valence-corrected chi connectivity index (χ3v) is 6.52. The van der Waals surface area contributed by atoms with Crippen LogP contribution < -0.4 is 10.9 Å². The number of nitrogens with one attached hydrogen (secondary N) is 1. The van der Waals surface area contributed by atoms with Gasteiger partial charge in [0.1, 0.15) is 11.3 Å². The van der Waals surface area contributed by atoms with E-state index in [1.54, 1.807) is 30.6 Å². The zero-order chi connectivity index (χ0) is 24.2. The van der Waals surface area contributed by atoms with Crippen LogP contribution in [0.2, 0.25) is 0 Å². The Hall–Kier alpha value is -3.78. The van der Waals surface area contributed by atoms with E-state index >= 15 is 0 Å². The van der Waals surface area contributed by atoms with Crippen LogP contribution in [-0.4, -0.2) is 44.1 Å². The van der Waals surface area contributed by atoms with Crippen LogP contribution in [0.25, 0.3) is 16.8 Å². The van der Waals surface area contributed by atoms with E-state index in [1.165, 1.54) is 26.8 Å². The van der Waals surface area contributed by atoms with Crippen molar-refractivity contribution in [1.82, 2.24) is 24.4 Å². The summed E-state index contributed by atoms with van der Waals surface area (Å²) < 4.78 is 16.3. The predicted molar refractivity (Wildman–Crippen MR) is 132 cm³/mol. The first kappa shape index (κ1) is 23.0. The lowest BCUT2D eigenvalue weighted by atomic mass is 10.0. The van der Waals surface area contributed by atoms with Gasteiger partial charge in [0, 0.05) is 56.6 Å². The van der Waals surface area contributed by atoms with Gasteiger partial charge in [0.15, 0.2) is 0 Å². The Morgan fingerprint density at radius 2 is 1.77 bits per heavy atom. The van der Waals surface area contributed by atoms with Crippen molar-refractivity contribution in [3.05, 3.63) is 94.8 Å². The molecule has 1 aliphatic rings. The van der Waals surface area contributed by atoms with E-state index in [2.05, 4.69) is 39.6 Å². The van der Waals surface area contributed by atoms with E-state index in [9.17, 15) is 14.0 Å². The summed E-state index contributed by atoms with van der Waals surface area (Å²) in [5.74, 6) is -0.366. The smallest absolute Gasteiger partial charge is 0.276 e. The van der Waals surface area contributed by atoms with Crippen LogP contribution in [0.4, 0.5) is 4.39 Å². The molecule has 8 heteroatoms. The molecule has 35 heavy (non-hydrogen) atoms. The average Bonchev–Trinajstić information content (AvgIpc) is 3.31. The van der Waals surface area contributed by atoms with Crippen molar-refractivity contribution in [3.8, 4) is 11.3 Å². The van der Waals surface area contributed by atoms with Gasteiger partial charge in [0.05, 0.1) is 5.69 Å². The molecule has 7 nitrogen and oxygen atoms in total. The van der Waals surface area contributed by atoms with Gasteiger partial charge in [-0.2, -0.15) is 5.10 Å². The number of aryl methyl sites for hydroxylation is 1. The second kappa shape index (κ2) is 10.2. The van der Waals surface area contributed by atoms with Gasteiger partial charge in [-0.25, -0.2) is 8.91 Å². The Morgan fingerprint density at radius 3 is 2.51 bits per heavy atom. The van der Waals surface area contributed by atoms with Crippen LogP contribution in [-0.2, 0) is 17.9 Å². The maximum atomic E-state index is 13.2. The number of hydrogen-bond donors (Lipinski definition) is 1. The predicted octanol–water partition coefficient (Wildman–Crippen LogP) is 3.47. The van der Waals surface area contributed by atoms with Gasteiger partial charge < -0.3 is 9.88 Å². The Kier molecular flexibility index (Phi) is 6.72. The molecule has 0 saturated carbocycles. The van der Waals surface area contributed by atoms with Gasteiger partial charge in [-0.3, -0.25) is 14.5 Å². The third-order valence-electron chi connectivity index (χ3n) is 6.52. The summed E-state index contributed by atoms with van der Waals surface area (Å²) in [6, 6.07) is 18.3. The van der Waals surface area contributed by atoms with Crippen LogP contribution in [0.5, 0.6) is 0 Å². The molecular formula is C27H28FN5O2. The lowest BCUT2D eigenvalue weighted by molar-refractivity contribution is -0.122. The highest BCUT2D eigenvalue weighted by Gasteiger charge is 2.20. The van der Waals surface area contributed by atoms with Crippen molar-refractivity contribution < 1.29 is 9.18 Å². The van der Waals surface area contributed by atoms with E-state index < -0.39 is 0 Å². The van der Waals surface area contributed by atoms with Crippen molar-refractivity contribution in [2.24, 2.45) is 0 Å². The molecular weight excluding hydrogens is 445 g/mol. The summed E-state index contributed by atoms with van der Waals surface area (Å²) in [5, 5.41) is 7.55. The number of amides is 1. The quantitative estimate of drug-likeness (QED) is 0.446. The summed E-state index contributed by atoms with van der Waals surface area (Å²) >= 11 is 0. The number of carbonyl (C=O) groups excluding carboxylic acids is 1. The minimum Gasteiger partial charge on any atom is -0.353 e. The van der Waals surface area contributed by atoms with Gasteiger partial charge >= 0.3 is 0 Å². The molecule has 0 radical (unpaired) electrons. The molecule has 5 rings (SSSR count). The van der Waals surface area contributed by atoms with E-state index in [4.69, 9.17) is 0 Å². The summed E-state index contributed by atoms with van der Waals surface area (Å²) in [6.45, 7) is 3.14. The fraction of sp³-hybridized carbons (Fsp3) is 0.296. The highest BCUT2D eigenvalue weighted by molar-refractivity contribution is 5.76. The Bertz CT molecular complexity index is 1360. The molecule has 4 aromatic rings. The van der Waals surface area contributed by atoms with Crippen LogP contribution in [0, 0.1) is 5.82 Å². The molecule has 3 heterocycles. The molecule has 2 aromatic carbocycles. The summed E-state index contributed by atoms with van der Waals surface area (Å²) in [7, 11) is 0. The zero-order valence-electron chi connectivity index (χ0n) is 19.4. The number of halogens is 1. The third kappa shape index (κ3) is 5.49. The minimum absolute atomic E-state index is 0.0428. The largest absolute Gasteiger partial charge is 0.353 e. The number of likely N-dealkylation sites (tertiary alicyclic amines) is 1. The Morgan fingerprint density at radius 1 is 1.03 bits per heavy atom. The van der Waals surface area contributed by atoms with E-state index in [0.717, 1.165) is 38.0 Å². The van der Waals surface area contributed by atoms with Crippen molar-refractivity contribution in [1.29, 1.82) is 0 Å². The molecule has 0 spiro atoms. The lowest BCUT2D eigenvalue weighted by Crippen LogP contribution is -2.44. The van der Waals surface area contributed by atoms with Crippen LogP contribution in [0.1, 0.15) is 24.8 Å². The Labute approximate surface area is 202 Å². The number of hydrogen-bond acceptors (Lipinski definition) is 4. The average molecular weight is 474 g/mol. The zero-order valence-corrected chi connectivity index (χ0v) is 19.4. The molecule has 0 aliphatic carbocycles. The van der Waals surface area contributed by atoms with Crippen molar-refractivity contribution in [3.63, 3.8) is 0 Å². The van der Waals surface area contributed by atoms with Crippen LogP contribution in [0.15, 0.2) is 77.9 Å². The minimum atomic E-state index is -0.323. The topological polar surface area (TPSA) is 71.6 Å². The fourth-order valence-electron chi connectivity index (χ4n) is 4.56. The first-order valence-corrected chi connectivity index (χ1v) is 12.0. The molecule has 1 saturated heterocycles. The number of piperidine rings is 1. The molecule has 1 N–H and O–H groups in total. The molecule has 2 aromatic heterocycles. The van der Waals surface area contributed by atoms with Gasteiger partial charge in [-0.05, 0) is 48.7 Å². The Balaban J connectivity index is 1.14. The van der Waals surface area contributed by atoms with Crippen molar-refractivity contribution in [2.75, 3.05) is 13.1 Å². The maximum Gasteiger partial charge on any atom is 0.276 e.